The lowest BCUT2D eigenvalue weighted by Crippen LogP contribution is -2.14. The molecule has 0 bridgehead atoms. The molecule has 0 unspecified atom stereocenters. The van der Waals surface area contributed by atoms with Crippen LogP contribution in [0.5, 0.6) is 5.75 Å². The van der Waals surface area contributed by atoms with Gasteiger partial charge in [-0.3, -0.25) is 4.79 Å². The minimum absolute atomic E-state index is 0.00845. The molecule has 3 aromatic carbocycles. The lowest BCUT2D eigenvalue weighted by molar-refractivity contribution is -0.112. The molecule has 0 aliphatic carbocycles. The fraction of sp³-hybridized carbons (Fsp3) is 0.185. The molecule has 0 heterocycles. The number of carbonyl (C=O) groups is 1. The van der Waals surface area contributed by atoms with Gasteiger partial charge in [-0.1, -0.05) is 59.1 Å². The highest BCUT2D eigenvalue weighted by Gasteiger charge is 2.12. The number of benzene rings is 3. The van der Waals surface area contributed by atoms with E-state index >= 15 is 0 Å². The molecule has 3 aromatic rings. The summed E-state index contributed by atoms with van der Waals surface area (Å²) in [4.78, 5) is 12.6. The third-order valence-corrected chi connectivity index (χ3v) is 5.46. The molecular weight excluding hydrogens is 420 g/mol. The van der Waals surface area contributed by atoms with E-state index in [1.807, 2.05) is 52.0 Å². The molecular formula is C27H25ClN2O2. The minimum Gasteiger partial charge on any atom is -0.487 e. The van der Waals surface area contributed by atoms with Crippen molar-refractivity contribution in [3.05, 3.63) is 98.6 Å². The molecule has 0 saturated carbocycles. The second-order valence-corrected chi connectivity index (χ2v) is 8.25. The van der Waals surface area contributed by atoms with Crippen molar-refractivity contribution in [3.8, 4) is 11.8 Å². The summed E-state index contributed by atoms with van der Waals surface area (Å²) in [5, 5.41) is 12.7. The third kappa shape index (κ3) is 5.78. The average Bonchev–Trinajstić information content (AvgIpc) is 2.74. The predicted octanol–water partition coefficient (Wildman–Crippen LogP) is 6.70. The van der Waals surface area contributed by atoms with Gasteiger partial charge in [0.05, 0.1) is 5.02 Å². The van der Waals surface area contributed by atoms with E-state index in [0.29, 0.717) is 28.6 Å². The van der Waals surface area contributed by atoms with E-state index in [4.69, 9.17) is 16.3 Å². The molecule has 0 aromatic heterocycles. The largest absolute Gasteiger partial charge is 0.487 e. The number of ether oxygens (including phenoxy) is 1. The average molecular weight is 445 g/mol. The highest BCUT2D eigenvalue weighted by Crippen LogP contribution is 2.28. The zero-order valence-electron chi connectivity index (χ0n) is 18.6. The van der Waals surface area contributed by atoms with Crippen molar-refractivity contribution < 1.29 is 9.53 Å². The van der Waals surface area contributed by atoms with Crippen molar-refractivity contribution in [1.29, 1.82) is 5.26 Å². The van der Waals surface area contributed by atoms with Crippen LogP contribution in [0.1, 0.15) is 33.4 Å². The van der Waals surface area contributed by atoms with Crippen LogP contribution < -0.4 is 10.1 Å². The van der Waals surface area contributed by atoms with Crippen LogP contribution in [-0.4, -0.2) is 5.91 Å². The lowest BCUT2D eigenvalue weighted by Gasteiger charge is -2.11. The predicted molar refractivity (Wildman–Crippen MR) is 130 cm³/mol. The zero-order chi connectivity index (χ0) is 23.3. The van der Waals surface area contributed by atoms with Crippen LogP contribution in [0.15, 0.2) is 60.2 Å². The van der Waals surface area contributed by atoms with E-state index < -0.39 is 5.91 Å². The normalized spacial score (nSPS) is 11.1. The molecule has 1 amide bonds. The molecule has 4 nitrogen and oxygen atoms in total. The van der Waals surface area contributed by atoms with Crippen LogP contribution in [0.3, 0.4) is 0 Å². The van der Waals surface area contributed by atoms with Gasteiger partial charge in [0.2, 0.25) is 0 Å². The second kappa shape index (κ2) is 10.2. The van der Waals surface area contributed by atoms with E-state index in [2.05, 4.69) is 23.5 Å². The summed E-state index contributed by atoms with van der Waals surface area (Å²) in [5.74, 6) is 0.0776. The van der Waals surface area contributed by atoms with Crippen LogP contribution in [-0.2, 0) is 11.4 Å². The highest BCUT2D eigenvalue weighted by atomic mass is 35.5. The molecule has 0 aliphatic rings. The fourth-order valence-corrected chi connectivity index (χ4v) is 3.67. The van der Waals surface area contributed by atoms with E-state index in [1.54, 1.807) is 18.2 Å². The van der Waals surface area contributed by atoms with Crippen LogP contribution in [0.2, 0.25) is 5.02 Å². The molecule has 3 rings (SSSR count). The number of nitrogens with one attached hydrogen (secondary N) is 1. The molecule has 162 valence electrons. The summed E-state index contributed by atoms with van der Waals surface area (Å²) in [6, 6.07) is 19.1. The third-order valence-electron chi connectivity index (χ3n) is 5.16. The van der Waals surface area contributed by atoms with Crippen LogP contribution in [0.25, 0.3) is 6.08 Å². The van der Waals surface area contributed by atoms with Crippen molar-refractivity contribution in [1.82, 2.24) is 0 Å². The van der Waals surface area contributed by atoms with Gasteiger partial charge in [0.25, 0.3) is 5.91 Å². The maximum absolute atomic E-state index is 12.6. The van der Waals surface area contributed by atoms with E-state index in [1.165, 1.54) is 17.2 Å². The number of aryl methyl sites for hydroxylation is 3. The topological polar surface area (TPSA) is 62.1 Å². The minimum atomic E-state index is -0.465. The SMILES string of the molecule is Cc1cc(C)cc(COc2ccc(/C=C(\C#N)C(=O)Nc3cccc(C)c3C)cc2Cl)c1. The number of anilines is 1. The Morgan fingerprint density at radius 3 is 2.44 bits per heavy atom. The Morgan fingerprint density at radius 2 is 1.78 bits per heavy atom. The quantitative estimate of drug-likeness (QED) is 0.340. The number of hydrogen-bond donors (Lipinski definition) is 1. The van der Waals surface area contributed by atoms with Crippen molar-refractivity contribution in [3.63, 3.8) is 0 Å². The van der Waals surface area contributed by atoms with Gasteiger partial charge < -0.3 is 10.1 Å². The van der Waals surface area contributed by atoms with Gasteiger partial charge in [-0.05, 0) is 74.2 Å². The Morgan fingerprint density at radius 1 is 1.06 bits per heavy atom. The molecule has 32 heavy (non-hydrogen) atoms. The number of hydrogen-bond acceptors (Lipinski definition) is 3. The molecule has 1 N–H and O–H groups in total. The fourth-order valence-electron chi connectivity index (χ4n) is 3.43. The maximum atomic E-state index is 12.6. The number of rotatable bonds is 6. The van der Waals surface area contributed by atoms with Crippen molar-refractivity contribution in [2.45, 2.75) is 34.3 Å². The van der Waals surface area contributed by atoms with Crippen LogP contribution >= 0.6 is 11.6 Å². The van der Waals surface area contributed by atoms with Gasteiger partial charge in [0.15, 0.2) is 0 Å². The lowest BCUT2D eigenvalue weighted by atomic mass is 10.1. The Kier molecular flexibility index (Phi) is 7.35. The number of nitriles is 1. The molecule has 0 atom stereocenters. The van der Waals surface area contributed by atoms with E-state index in [9.17, 15) is 10.1 Å². The van der Waals surface area contributed by atoms with Gasteiger partial charge in [0.1, 0.15) is 24.0 Å². The molecule has 0 fully saturated rings. The van der Waals surface area contributed by atoms with Gasteiger partial charge in [-0.2, -0.15) is 5.26 Å². The Hall–Kier alpha value is -3.55. The first-order valence-electron chi connectivity index (χ1n) is 10.3. The molecule has 0 radical (unpaired) electrons. The first-order chi connectivity index (χ1) is 15.3. The summed E-state index contributed by atoms with van der Waals surface area (Å²) < 4.78 is 5.87. The van der Waals surface area contributed by atoms with Gasteiger partial charge >= 0.3 is 0 Å². The van der Waals surface area contributed by atoms with Crippen molar-refractivity contribution >= 4 is 29.3 Å². The summed E-state index contributed by atoms with van der Waals surface area (Å²) in [6.45, 7) is 8.40. The molecule has 0 aliphatic heterocycles. The van der Waals surface area contributed by atoms with Crippen LogP contribution in [0, 0.1) is 39.0 Å². The first-order valence-corrected chi connectivity index (χ1v) is 10.6. The number of halogens is 1. The van der Waals surface area contributed by atoms with Crippen LogP contribution in [0.4, 0.5) is 5.69 Å². The summed E-state index contributed by atoms with van der Waals surface area (Å²) in [7, 11) is 0. The number of amides is 1. The van der Waals surface area contributed by atoms with Crippen molar-refractivity contribution in [2.75, 3.05) is 5.32 Å². The Labute approximate surface area is 194 Å². The monoisotopic (exact) mass is 444 g/mol. The standard InChI is InChI=1S/C27H25ClN2O2/c1-17-10-18(2)12-22(11-17)16-32-26-9-8-21(14-24(26)28)13-23(15-29)27(31)30-25-7-5-6-19(3)20(25)4/h5-14H,16H2,1-4H3,(H,30,31)/b23-13+. The molecule has 0 spiro atoms. The highest BCUT2D eigenvalue weighted by molar-refractivity contribution is 6.32. The Balaban J connectivity index is 1.74. The maximum Gasteiger partial charge on any atom is 0.266 e. The summed E-state index contributed by atoms with van der Waals surface area (Å²) >= 11 is 6.39. The van der Waals surface area contributed by atoms with E-state index in [-0.39, 0.29) is 5.57 Å². The number of nitrogens with zero attached hydrogens (tertiary/aromatic N) is 1. The smallest absolute Gasteiger partial charge is 0.266 e. The van der Waals surface area contributed by atoms with Crippen molar-refractivity contribution in [2.24, 2.45) is 0 Å². The summed E-state index contributed by atoms with van der Waals surface area (Å²) in [5.41, 5.74) is 6.77. The van der Waals surface area contributed by atoms with Gasteiger partial charge in [-0.25, -0.2) is 0 Å². The summed E-state index contributed by atoms with van der Waals surface area (Å²) in [6.07, 6.45) is 1.51. The first kappa shape index (κ1) is 23.1. The molecule has 0 saturated heterocycles. The molecule has 5 heteroatoms. The Bertz CT molecular complexity index is 1220. The van der Waals surface area contributed by atoms with Gasteiger partial charge in [0, 0.05) is 5.69 Å². The van der Waals surface area contributed by atoms with E-state index in [0.717, 1.165) is 16.7 Å². The number of carbonyl (C=O) groups excluding carboxylic acids is 1. The second-order valence-electron chi connectivity index (χ2n) is 7.85. The van der Waals surface area contributed by atoms with Gasteiger partial charge in [-0.15, -0.1) is 0 Å². The zero-order valence-corrected chi connectivity index (χ0v) is 19.4.